The molecule has 0 bridgehead atoms. The number of hydrogen-bond acceptors (Lipinski definition) is 5. The highest BCUT2D eigenvalue weighted by atomic mass is 32.1. The molecule has 5 nitrogen and oxygen atoms in total. The smallest absolute Gasteiger partial charge is 0.227 e. The second-order valence-electron chi connectivity index (χ2n) is 3.73. The lowest BCUT2D eigenvalue weighted by atomic mass is 9.92. The Morgan fingerprint density at radius 2 is 2.33 bits per heavy atom. The van der Waals surface area contributed by atoms with Gasteiger partial charge < -0.3 is 10.6 Å². The number of carbonyl (C=O) groups excluding carboxylic acids is 1. The summed E-state index contributed by atoms with van der Waals surface area (Å²) in [5, 5.41) is 13.0. The van der Waals surface area contributed by atoms with Gasteiger partial charge in [-0.1, -0.05) is 11.3 Å². The summed E-state index contributed by atoms with van der Waals surface area (Å²) in [6.45, 7) is 4.25. The zero-order valence-corrected chi connectivity index (χ0v) is 10.5. The van der Waals surface area contributed by atoms with E-state index in [-0.39, 0.29) is 5.91 Å². The minimum Gasteiger partial charge on any atom is -0.359 e. The summed E-state index contributed by atoms with van der Waals surface area (Å²) in [5.74, 6) is -0.00543. The Kier molecular flexibility index (Phi) is 3.81. The Morgan fingerprint density at radius 1 is 1.67 bits per heavy atom. The summed E-state index contributed by atoms with van der Waals surface area (Å²) in [5.41, 5.74) is -0.470. The molecule has 0 unspecified atom stereocenters. The molecule has 0 aromatic carbocycles. The first-order valence-corrected chi connectivity index (χ1v) is 5.70. The average Bonchev–Trinajstić information content (AvgIpc) is 2.60. The van der Waals surface area contributed by atoms with Gasteiger partial charge in [-0.25, -0.2) is 0 Å². The number of aromatic amines is 1. The summed E-state index contributed by atoms with van der Waals surface area (Å²) >= 11 is 6.25. The molecule has 15 heavy (non-hydrogen) atoms. The number of carbonyl (C=O) groups is 1. The van der Waals surface area contributed by atoms with Gasteiger partial charge in [0.2, 0.25) is 11.0 Å². The maximum absolute atomic E-state index is 11.5. The van der Waals surface area contributed by atoms with E-state index >= 15 is 0 Å². The summed E-state index contributed by atoms with van der Waals surface area (Å²) in [6, 6.07) is 0. The Morgan fingerprint density at radius 3 is 2.80 bits per heavy atom. The quantitative estimate of drug-likeness (QED) is 0.702. The van der Waals surface area contributed by atoms with E-state index in [0.717, 1.165) is 0 Å². The first-order chi connectivity index (χ1) is 6.95. The van der Waals surface area contributed by atoms with Crippen LogP contribution in [0.1, 0.15) is 13.8 Å². The van der Waals surface area contributed by atoms with E-state index in [9.17, 15) is 4.79 Å². The van der Waals surface area contributed by atoms with Crippen molar-refractivity contribution in [2.75, 3.05) is 18.9 Å². The van der Waals surface area contributed by atoms with Crippen LogP contribution in [0.2, 0.25) is 0 Å². The number of rotatable bonds is 4. The van der Waals surface area contributed by atoms with Crippen LogP contribution in [-0.2, 0) is 4.79 Å². The maximum atomic E-state index is 11.5. The topological polar surface area (TPSA) is 69.8 Å². The van der Waals surface area contributed by atoms with Crippen molar-refractivity contribution in [2.24, 2.45) is 5.41 Å². The average molecular weight is 246 g/mol. The van der Waals surface area contributed by atoms with Crippen molar-refractivity contribution in [3.05, 3.63) is 3.95 Å². The SMILES string of the molecule is CNC(=O)C(C)(C)CNc1n[nH]c(=S)s1. The number of nitrogens with zero attached hydrogens (tertiary/aromatic N) is 1. The number of aromatic nitrogens is 2. The number of amides is 1. The summed E-state index contributed by atoms with van der Waals surface area (Å²) < 4.78 is 0.621. The van der Waals surface area contributed by atoms with E-state index in [1.807, 2.05) is 13.8 Å². The van der Waals surface area contributed by atoms with E-state index in [0.29, 0.717) is 15.6 Å². The molecule has 1 heterocycles. The Labute approximate surface area is 97.3 Å². The van der Waals surface area contributed by atoms with Gasteiger partial charge in [0.25, 0.3) is 0 Å². The van der Waals surface area contributed by atoms with Gasteiger partial charge in [-0.15, -0.1) is 5.10 Å². The second-order valence-corrected chi connectivity index (χ2v) is 5.40. The van der Waals surface area contributed by atoms with Gasteiger partial charge in [0.1, 0.15) is 0 Å². The molecule has 3 N–H and O–H groups in total. The van der Waals surface area contributed by atoms with Crippen LogP contribution in [-0.4, -0.2) is 29.7 Å². The molecule has 1 amide bonds. The predicted molar refractivity (Wildman–Crippen MR) is 63.6 cm³/mol. The van der Waals surface area contributed by atoms with E-state index in [4.69, 9.17) is 12.2 Å². The molecule has 1 aromatic rings. The van der Waals surface area contributed by atoms with Crippen LogP contribution in [0, 0.1) is 9.37 Å². The Balaban J connectivity index is 2.56. The number of anilines is 1. The normalized spacial score (nSPS) is 11.1. The molecule has 0 aliphatic rings. The second kappa shape index (κ2) is 4.71. The van der Waals surface area contributed by atoms with E-state index in [1.165, 1.54) is 11.3 Å². The van der Waals surface area contributed by atoms with Crippen molar-refractivity contribution in [3.63, 3.8) is 0 Å². The Hall–Kier alpha value is -0.950. The third kappa shape index (κ3) is 3.28. The van der Waals surface area contributed by atoms with Crippen LogP contribution in [0.25, 0.3) is 0 Å². The zero-order valence-electron chi connectivity index (χ0n) is 8.88. The van der Waals surface area contributed by atoms with Crippen molar-refractivity contribution >= 4 is 34.6 Å². The number of nitrogens with one attached hydrogen (secondary N) is 3. The molecule has 0 spiro atoms. The van der Waals surface area contributed by atoms with Gasteiger partial charge in [-0.05, 0) is 26.1 Å². The first kappa shape index (κ1) is 12.1. The minimum atomic E-state index is -0.470. The molecule has 0 fully saturated rings. The molecule has 1 rings (SSSR count). The highest BCUT2D eigenvalue weighted by molar-refractivity contribution is 7.73. The monoisotopic (exact) mass is 246 g/mol. The van der Waals surface area contributed by atoms with E-state index < -0.39 is 5.41 Å². The predicted octanol–water partition coefficient (Wildman–Crippen LogP) is 1.38. The van der Waals surface area contributed by atoms with Gasteiger partial charge in [0.15, 0.2) is 3.95 Å². The molecule has 1 aromatic heterocycles. The molecule has 0 atom stereocenters. The van der Waals surface area contributed by atoms with Crippen LogP contribution in [0.5, 0.6) is 0 Å². The van der Waals surface area contributed by atoms with Crippen molar-refractivity contribution in [1.82, 2.24) is 15.5 Å². The van der Waals surface area contributed by atoms with Crippen LogP contribution in [0.3, 0.4) is 0 Å². The van der Waals surface area contributed by atoms with Gasteiger partial charge in [-0.3, -0.25) is 9.89 Å². The summed E-state index contributed by atoms with van der Waals surface area (Å²) in [6.07, 6.45) is 0. The maximum Gasteiger partial charge on any atom is 0.227 e. The van der Waals surface area contributed by atoms with Gasteiger partial charge in [-0.2, -0.15) is 0 Å². The fourth-order valence-corrected chi connectivity index (χ4v) is 1.81. The Bertz CT molecular complexity index is 395. The van der Waals surface area contributed by atoms with E-state index in [2.05, 4.69) is 20.8 Å². The van der Waals surface area contributed by atoms with Crippen LogP contribution >= 0.6 is 23.6 Å². The van der Waals surface area contributed by atoms with Crippen molar-refractivity contribution in [3.8, 4) is 0 Å². The largest absolute Gasteiger partial charge is 0.359 e. The fraction of sp³-hybridized carbons (Fsp3) is 0.625. The van der Waals surface area contributed by atoms with Crippen molar-refractivity contribution in [2.45, 2.75) is 13.8 Å². The van der Waals surface area contributed by atoms with Crippen molar-refractivity contribution in [1.29, 1.82) is 0 Å². The molecule has 0 aliphatic carbocycles. The fourth-order valence-electron chi connectivity index (χ4n) is 1.02. The standard InChI is InChI=1S/C8H14N4OS2/c1-8(2,5(13)9-3)4-10-6-11-12-7(14)15-6/h4H2,1-3H3,(H,9,13)(H,10,11)(H,12,14). The molecule has 0 saturated carbocycles. The highest BCUT2D eigenvalue weighted by Crippen LogP contribution is 2.18. The van der Waals surface area contributed by atoms with Crippen LogP contribution in [0.15, 0.2) is 0 Å². The number of hydrogen-bond donors (Lipinski definition) is 3. The zero-order chi connectivity index (χ0) is 11.5. The third-order valence-electron chi connectivity index (χ3n) is 1.96. The molecule has 0 aliphatic heterocycles. The van der Waals surface area contributed by atoms with Crippen molar-refractivity contribution < 1.29 is 4.79 Å². The molecular weight excluding hydrogens is 232 g/mol. The lowest BCUT2D eigenvalue weighted by Gasteiger charge is -2.22. The third-order valence-corrected chi connectivity index (χ3v) is 3.01. The first-order valence-electron chi connectivity index (χ1n) is 4.47. The molecule has 0 saturated heterocycles. The summed E-state index contributed by atoms with van der Waals surface area (Å²) in [7, 11) is 1.63. The van der Waals surface area contributed by atoms with Gasteiger partial charge in [0.05, 0.1) is 5.41 Å². The summed E-state index contributed by atoms with van der Waals surface area (Å²) in [4.78, 5) is 11.5. The van der Waals surface area contributed by atoms with Gasteiger partial charge in [0, 0.05) is 13.6 Å². The lowest BCUT2D eigenvalue weighted by molar-refractivity contribution is -0.128. The number of H-pyrrole nitrogens is 1. The molecule has 0 radical (unpaired) electrons. The molecular formula is C8H14N4OS2. The van der Waals surface area contributed by atoms with E-state index in [1.54, 1.807) is 7.05 Å². The lowest BCUT2D eigenvalue weighted by Crippen LogP contribution is -2.39. The molecule has 84 valence electrons. The highest BCUT2D eigenvalue weighted by Gasteiger charge is 2.26. The van der Waals surface area contributed by atoms with Crippen LogP contribution in [0.4, 0.5) is 5.13 Å². The van der Waals surface area contributed by atoms with Gasteiger partial charge >= 0.3 is 0 Å². The van der Waals surface area contributed by atoms with Crippen LogP contribution < -0.4 is 10.6 Å². The minimum absolute atomic E-state index is 0.00543. The molecule has 7 heteroatoms.